The molecule has 0 atom stereocenters. The lowest BCUT2D eigenvalue weighted by Crippen LogP contribution is -1.74. The molecule has 0 N–H and O–H groups in total. The maximum Gasteiger partial charge on any atom is 0.161 e. The number of hydrogen-bond acceptors (Lipinski definition) is 3. The molecular formula is C10H8OS2. The van der Waals surface area contributed by atoms with Crippen molar-refractivity contribution >= 4 is 39.5 Å². The van der Waals surface area contributed by atoms with Crippen LogP contribution < -0.4 is 0 Å². The fourth-order valence-corrected chi connectivity index (χ4v) is 3.33. The van der Waals surface area contributed by atoms with E-state index in [2.05, 4.69) is 6.07 Å². The number of aldehydes is 1. The van der Waals surface area contributed by atoms with E-state index < -0.39 is 0 Å². The second-order valence-electron chi connectivity index (χ2n) is 2.61. The SMILES string of the molecule is CSc1c(C=O)sc2ccccc12. The monoisotopic (exact) mass is 208 g/mol. The smallest absolute Gasteiger partial charge is 0.161 e. The molecule has 3 heteroatoms. The van der Waals surface area contributed by atoms with Crippen LogP contribution >= 0.6 is 23.1 Å². The molecule has 0 radical (unpaired) electrons. The molecular weight excluding hydrogens is 200 g/mol. The molecule has 66 valence electrons. The van der Waals surface area contributed by atoms with E-state index in [4.69, 9.17) is 0 Å². The maximum atomic E-state index is 10.8. The van der Waals surface area contributed by atoms with Gasteiger partial charge in [0.2, 0.25) is 0 Å². The number of carbonyl (C=O) groups excluding carboxylic acids is 1. The molecule has 0 fully saturated rings. The molecule has 13 heavy (non-hydrogen) atoms. The van der Waals surface area contributed by atoms with Gasteiger partial charge >= 0.3 is 0 Å². The quantitative estimate of drug-likeness (QED) is 0.555. The minimum atomic E-state index is 0.841. The standard InChI is InChI=1S/C10H8OS2/c1-12-10-7-4-2-3-5-8(7)13-9(10)6-11/h2-6H,1H3. The van der Waals surface area contributed by atoms with Crippen LogP contribution in [-0.2, 0) is 0 Å². The highest BCUT2D eigenvalue weighted by Gasteiger charge is 2.08. The maximum absolute atomic E-state index is 10.8. The van der Waals surface area contributed by atoms with Gasteiger partial charge in [0.05, 0.1) is 4.88 Å². The summed E-state index contributed by atoms with van der Waals surface area (Å²) in [4.78, 5) is 12.7. The van der Waals surface area contributed by atoms with Crippen molar-refractivity contribution in [3.8, 4) is 0 Å². The van der Waals surface area contributed by atoms with Gasteiger partial charge in [-0.3, -0.25) is 4.79 Å². The number of fused-ring (bicyclic) bond motifs is 1. The Bertz CT molecular complexity index is 445. The first kappa shape index (κ1) is 8.78. The summed E-state index contributed by atoms with van der Waals surface area (Å²) in [6.07, 6.45) is 2.94. The Hall–Kier alpha value is -0.800. The summed E-state index contributed by atoms with van der Waals surface area (Å²) in [5.41, 5.74) is 0. The van der Waals surface area contributed by atoms with E-state index in [1.165, 1.54) is 10.1 Å². The van der Waals surface area contributed by atoms with E-state index in [1.54, 1.807) is 23.1 Å². The van der Waals surface area contributed by atoms with Gasteiger partial charge in [0.1, 0.15) is 0 Å². The van der Waals surface area contributed by atoms with Crippen molar-refractivity contribution in [2.75, 3.05) is 6.26 Å². The Morgan fingerprint density at radius 2 is 2.15 bits per heavy atom. The van der Waals surface area contributed by atoms with Crippen LogP contribution in [0.15, 0.2) is 29.2 Å². The number of benzene rings is 1. The number of rotatable bonds is 2. The predicted octanol–water partition coefficient (Wildman–Crippen LogP) is 3.44. The normalized spacial score (nSPS) is 10.5. The van der Waals surface area contributed by atoms with Crippen molar-refractivity contribution in [3.63, 3.8) is 0 Å². The van der Waals surface area contributed by atoms with Crippen LogP contribution in [0.1, 0.15) is 9.67 Å². The molecule has 0 amide bonds. The van der Waals surface area contributed by atoms with Crippen LogP contribution in [0.25, 0.3) is 10.1 Å². The number of hydrogen-bond donors (Lipinski definition) is 0. The van der Waals surface area contributed by atoms with E-state index in [9.17, 15) is 4.79 Å². The molecule has 1 nitrogen and oxygen atoms in total. The number of carbonyl (C=O) groups is 1. The fraction of sp³-hybridized carbons (Fsp3) is 0.100. The number of thiophene rings is 1. The van der Waals surface area contributed by atoms with Crippen molar-refractivity contribution in [1.29, 1.82) is 0 Å². The van der Waals surface area contributed by atoms with Crippen LogP contribution in [0, 0.1) is 0 Å². The van der Waals surface area contributed by atoms with Gasteiger partial charge in [-0.25, -0.2) is 0 Å². The Kier molecular flexibility index (Phi) is 2.38. The lowest BCUT2D eigenvalue weighted by Gasteiger charge is -1.92. The van der Waals surface area contributed by atoms with Gasteiger partial charge in [-0.05, 0) is 12.3 Å². The third kappa shape index (κ3) is 1.38. The van der Waals surface area contributed by atoms with E-state index in [0.29, 0.717) is 0 Å². The molecule has 0 aliphatic rings. The summed E-state index contributed by atoms with van der Waals surface area (Å²) in [5.74, 6) is 0. The molecule has 2 rings (SSSR count). The lowest BCUT2D eigenvalue weighted by atomic mass is 10.2. The van der Waals surface area contributed by atoms with Crippen LogP contribution in [0.2, 0.25) is 0 Å². The van der Waals surface area contributed by atoms with Gasteiger partial charge in [-0.2, -0.15) is 0 Å². The highest BCUT2D eigenvalue weighted by atomic mass is 32.2. The van der Waals surface area contributed by atoms with E-state index in [0.717, 1.165) is 16.1 Å². The van der Waals surface area contributed by atoms with Gasteiger partial charge in [-0.15, -0.1) is 23.1 Å². The lowest BCUT2D eigenvalue weighted by molar-refractivity contribution is 0.112. The van der Waals surface area contributed by atoms with E-state index in [-0.39, 0.29) is 0 Å². The first-order valence-electron chi connectivity index (χ1n) is 3.87. The van der Waals surface area contributed by atoms with Crippen LogP contribution in [-0.4, -0.2) is 12.5 Å². The molecule has 0 aliphatic heterocycles. The molecule has 0 unspecified atom stereocenters. The Labute approximate surface area is 84.8 Å². The first-order chi connectivity index (χ1) is 6.36. The Morgan fingerprint density at radius 1 is 1.38 bits per heavy atom. The van der Waals surface area contributed by atoms with Crippen molar-refractivity contribution < 1.29 is 4.79 Å². The third-order valence-electron chi connectivity index (χ3n) is 1.89. The zero-order chi connectivity index (χ0) is 9.26. The molecule has 1 aromatic heterocycles. The minimum Gasteiger partial charge on any atom is -0.297 e. The van der Waals surface area contributed by atoms with Gasteiger partial charge < -0.3 is 0 Å². The molecule has 1 heterocycles. The van der Waals surface area contributed by atoms with Crippen molar-refractivity contribution in [3.05, 3.63) is 29.1 Å². The van der Waals surface area contributed by atoms with E-state index >= 15 is 0 Å². The van der Waals surface area contributed by atoms with Crippen molar-refractivity contribution in [1.82, 2.24) is 0 Å². The average molecular weight is 208 g/mol. The van der Waals surface area contributed by atoms with Crippen LogP contribution in [0.3, 0.4) is 0 Å². The summed E-state index contributed by atoms with van der Waals surface area (Å²) < 4.78 is 1.19. The summed E-state index contributed by atoms with van der Waals surface area (Å²) in [6, 6.07) is 8.11. The Balaban J connectivity index is 2.81. The molecule has 1 aromatic carbocycles. The second-order valence-corrected chi connectivity index (χ2v) is 4.51. The molecule has 2 aromatic rings. The van der Waals surface area contributed by atoms with E-state index in [1.807, 2.05) is 24.5 Å². The summed E-state index contributed by atoms with van der Waals surface area (Å²) >= 11 is 3.19. The van der Waals surface area contributed by atoms with Gasteiger partial charge in [0, 0.05) is 15.0 Å². The molecule has 0 saturated heterocycles. The molecule has 0 aliphatic carbocycles. The molecule has 0 saturated carbocycles. The first-order valence-corrected chi connectivity index (χ1v) is 5.91. The fourth-order valence-electron chi connectivity index (χ4n) is 1.33. The Morgan fingerprint density at radius 3 is 2.85 bits per heavy atom. The van der Waals surface area contributed by atoms with Crippen LogP contribution in [0.4, 0.5) is 0 Å². The highest BCUT2D eigenvalue weighted by Crippen LogP contribution is 2.35. The zero-order valence-corrected chi connectivity index (χ0v) is 8.74. The summed E-state index contributed by atoms with van der Waals surface area (Å²) in [7, 11) is 0. The van der Waals surface area contributed by atoms with Gasteiger partial charge in [-0.1, -0.05) is 18.2 Å². The van der Waals surface area contributed by atoms with Crippen molar-refractivity contribution in [2.45, 2.75) is 4.90 Å². The minimum absolute atomic E-state index is 0.841. The van der Waals surface area contributed by atoms with Crippen LogP contribution in [0.5, 0.6) is 0 Å². The topological polar surface area (TPSA) is 17.1 Å². The van der Waals surface area contributed by atoms with Gasteiger partial charge in [0.25, 0.3) is 0 Å². The predicted molar refractivity (Wildman–Crippen MR) is 59.0 cm³/mol. The zero-order valence-electron chi connectivity index (χ0n) is 7.11. The number of thioether (sulfide) groups is 1. The average Bonchev–Trinajstić information content (AvgIpc) is 2.55. The summed E-state index contributed by atoms with van der Waals surface area (Å²) in [6.45, 7) is 0. The highest BCUT2D eigenvalue weighted by molar-refractivity contribution is 7.99. The molecule has 0 bridgehead atoms. The van der Waals surface area contributed by atoms with Crippen molar-refractivity contribution in [2.24, 2.45) is 0 Å². The third-order valence-corrected chi connectivity index (χ3v) is 3.96. The molecule has 0 spiro atoms. The summed E-state index contributed by atoms with van der Waals surface area (Å²) in [5, 5.41) is 1.20. The largest absolute Gasteiger partial charge is 0.297 e. The van der Waals surface area contributed by atoms with Gasteiger partial charge in [0.15, 0.2) is 6.29 Å². The second kappa shape index (κ2) is 3.52.